The topological polar surface area (TPSA) is 95.5 Å². The molecule has 1 aliphatic rings. The zero-order chi connectivity index (χ0) is 22.8. The van der Waals surface area contributed by atoms with Crippen LogP contribution in [0.15, 0.2) is 23.2 Å². The smallest absolute Gasteiger partial charge is 0.409 e. The molecule has 1 fully saturated rings. The Morgan fingerprint density at radius 3 is 2.55 bits per heavy atom. The quantitative estimate of drug-likeness (QED) is 0.502. The number of rotatable bonds is 7. The third-order valence-corrected chi connectivity index (χ3v) is 5.03. The molecule has 0 spiro atoms. The Kier molecular flexibility index (Phi) is 9.42. The molecule has 1 heterocycles. The van der Waals surface area contributed by atoms with Gasteiger partial charge in [-0.1, -0.05) is 6.07 Å². The number of piperidine rings is 1. The number of aliphatic imine (C=N–C) groups is 1. The Hall–Kier alpha value is -2.97. The predicted octanol–water partition coefficient (Wildman–Crippen LogP) is 1.75. The van der Waals surface area contributed by atoms with E-state index < -0.39 is 0 Å². The lowest BCUT2D eigenvalue weighted by Crippen LogP contribution is -2.51. The summed E-state index contributed by atoms with van der Waals surface area (Å²) in [6.07, 6.45) is 1.29. The fourth-order valence-corrected chi connectivity index (χ4v) is 3.29. The lowest BCUT2D eigenvalue weighted by Gasteiger charge is -2.32. The summed E-state index contributed by atoms with van der Waals surface area (Å²) < 4.78 is 10.4. The molecule has 2 N–H and O–H groups in total. The summed E-state index contributed by atoms with van der Waals surface area (Å²) in [5, 5.41) is 6.54. The Bertz CT molecular complexity index is 773. The number of benzene rings is 1. The summed E-state index contributed by atoms with van der Waals surface area (Å²) in [5.41, 5.74) is 2.12. The number of likely N-dealkylation sites (tertiary alicyclic amines) is 1. The van der Waals surface area contributed by atoms with Gasteiger partial charge in [-0.15, -0.1) is 0 Å². The number of ether oxygens (including phenoxy) is 2. The van der Waals surface area contributed by atoms with Gasteiger partial charge >= 0.3 is 6.09 Å². The summed E-state index contributed by atoms with van der Waals surface area (Å²) in [5.74, 6) is 1.33. The van der Waals surface area contributed by atoms with E-state index in [9.17, 15) is 9.59 Å². The fraction of sp³-hybridized carbons (Fsp3) is 0.591. The van der Waals surface area contributed by atoms with Crippen LogP contribution in [-0.4, -0.2) is 81.2 Å². The third-order valence-electron chi connectivity index (χ3n) is 5.03. The van der Waals surface area contributed by atoms with Crippen molar-refractivity contribution in [2.75, 3.05) is 47.4 Å². The van der Waals surface area contributed by atoms with Gasteiger partial charge in [-0.2, -0.15) is 0 Å². The molecule has 1 aromatic rings. The molecule has 1 aromatic carbocycles. The van der Waals surface area contributed by atoms with Crippen molar-refractivity contribution in [3.05, 3.63) is 29.3 Å². The van der Waals surface area contributed by atoms with Gasteiger partial charge < -0.3 is 29.9 Å². The first kappa shape index (κ1) is 24.3. The standard InChI is InChI=1S/C22H35N5O4/c1-6-31-22(29)27-9-7-18(8-10-27)25-21(24-15-20(28)26(3)4)23-14-17-11-16(2)12-19(13-17)30-5/h11-13,18H,6-10,14-15H2,1-5H3,(H2,23,24,25). The lowest BCUT2D eigenvalue weighted by molar-refractivity contribution is -0.127. The molecule has 0 aromatic heterocycles. The Balaban J connectivity index is 2.03. The zero-order valence-corrected chi connectivity index (χ0v) is 19.2. The largest absolute Gasteiger partial charge is 0.497 e. The minimum absolute atomic E-state index is 0.0381. The van der Waals surface area contributed by atoms with Crippen LogP contribution in [0.25, 0.3) is 0 Å². The van der Waals surface area contributed by atoms with E-state index in [1.165, 1.54) is 4.90 Å². The molecule has 0 atom stereocenters. The van der Waals surface area contributed by atoms with E-state index in [1.54, 1.807) is 33.0 Å². The molecule has 1 saturated heterocycles. The molecule has 0 unspecified atom stereocenters. The number of carbonyl (C=O) groups excluding carboxylic acids is 2. The van der Waals surface area contributed by atoms with Crippen LogP contribution in [0.5, 0.6) is 5.75 Å². The van der Waals surface area contributed by atoms with Crippen molar-refractivity contribution in [3.63, 3.8) is 0 Å². The maximum atomic E-state index is 12.0. The summed E-state index contributed by atoms with van der Waals surface area (Å²) in [4.78, 5) is 31.9. The van der Waals surface area contributed by atoms with Gasteiger partial charge in [0.25, 0.3) is 0 Å². The highest BCUT2D eigenvalue weighted by Crippen LogP contribution is 2.17. The zero-order valence-electron chi connectivity index (χ0n) is 19.2. The Labute approximate surface area is 184 Å². The first-order valence-corrected chi connectivity index (χ1v) is 10.6. The molecule has 2 rings (SSSR count). The number of amides is 2. The van der Waals surface area contributed by atoms with Crippen molar-refractivity contribution in [2.45, 2.75) is 39.3 Å². The molecule has 9 nitrogen and oxygen atoms in total. The van der Waals surface area contributed by atoms with Crippen molar-refractivity contribution in [3.8, 4) is 5.75 Å². The fourth-order valence-electron chi connectivity index (χ4n) is 3.29. The number of hydrogen-bond acceptors (Lipinski definition) is 5. The van der Waals surface area contributed by atoms with Gasteiger partial charge in [0, 0.05) is 33.2 Å². The number of hydrogen-bond donors (Lipinski definition) is 2. The number of likely N-dealkylation sites (N-methyl/N-ethyl adjacent to an activating group) is 1. The van der Waals surface area contributed by atoms with E-state index in [4.69, 9.17) is 9.47 Å². The first-order chi connectivity index (χ1) is 14.8. The number of nitrogens with zero attached hydrogens (tertiary/aromatic N) is 3. The van der Waals surface area contributed by atoms with E-state index in [1.807, 2.05) is 19.1 Å². The average molecular weight is 434 g/mol. The van der Waals surface area contributed by atoms with E-state index in [2.05, 4.69) is 21.7 Å². The average Bonchev–Trinajstić information content (AvgIpc) is 2.75. The molecule has 172 valence electrons. The lowest BCUT2D eigenvalue weighted by atomic mass is 10.1. The summed E-state index contributed by atoms with van der Waals surface area (Å²) in [7, 11) is 5.09. The third kappa shape index (κ3) is 7.99. The molecule has 0 bridgehead atoms. The van der Waals surface area contributed by atoms with Crippen LogP contribution in [0.2, 0.25) is 0 Å². The minimum atomic E-state index is -0.266. The van der Waals surface area contributed by atoms with Gasteiger partial charge in [0.05, 0.1) is 26.8 Å². The molecular weight excluding hydrogens is 398 g/mol. The molecule has 9 heteroatoms. The van der Waals surface area contributed by atoms with Gasteiger partial charge in [0.1, 0.15) is 5.75 Å². The number of nitrogens with one attached hydrogen (secondary N) is 2. The first-order valence-electron chi connectivity index (χ1n) is 10.6. The minimum Gasteiger partial charge on any atom is -0.497 e. The van der Waals surface area contributed by atoms with E-state index in [0.29, 0.717) is 32.2 Å². The molecule has 0 aliphatic carbocycles. The van der Waals surface area contributed by atoms with Crippen LogP contribution in [-0.2, 0) is 16.1 Å². The molecular formula is C22H35N5O4. The summed E-state index contributed by atoms with van der Waals surface area (Å²) in [6, 6.07) is 6.14. The second-order valence-electron chi connectivity index (χ2n) is 7.77. The van der Waals surface area contributed by atoms with Crippen LogP contribution in [0.3, 0.4) is 0 Å². The predicted molar refractivity (Wildman–Crippen MR) is 120 cm³/mol. The molecule has 0 saturated carbocycles. The van der Waals surface area contributed by atoms with Crippen LogP contribution in [0.1, 0.15) is 30.9 Å². The Morgan fingerprint density at radius 2 is 1.94 bits per heavy atom. The number of aryl methyl sites for hydroxylation is 1. The van der Waals surface area contributed by atoms with Gasteiger partial charge in [-0.3, -0.25) is 4.79 Å². The molecule has 31 heavy (non-hydrogen) atoms. The SMILES string of the molecule is CCOC(=O)N1CCC(NC(=NCc2cc(C)cc(OC)c2)NCC(=O)N(C)C)CC1. The highest BCUT2D eigenvalue weighted by Gasteiger charge is 2.24. The van der Waals surface area contributed by atoms with Crippen molar-refractivity contribution < 1.29 is 19.1 Å². The van der Waals surface area contributed by atoms with Gasteiger partial charge in [-0.05, 0) is 49.9 Å². The molecule has 2 amide bonds. The molecule has 1 aliphatic heterocycles. The second kappa shape index (κ2) is 12.0. The van der Waals surface area contributed by atoms with Crippen LogP contribution >= 0.6 is 0 Å². The maximum Gasteiger partial charge on any atom is 0.409 e. The van der Waals surface area contributed by atoms with Crippen molar-refractivity contribution in [1.82, 2.24) is 20.4 Å². The van der Waals surface area contributed by atoms with Gasteiger partial charge in [0.2, 0.25) is 5.91 Å². The normalized spacial score (nSPS) is 14.7. The highest BCUT2D eigenvalue weighted by atomic mass is 16.6. The molecule has 0 radical (unpaired) electrons. The monoisotopic (exact) mass is 433 g/mol. The van der Waals surface area contributed by atoms with E-state index in [-0.39, 0.29) is 24.6 Å². The van der Waals surface area contributed by atoms with Crippen molar-refractivity contribution in [2.24, 2.45) is 4.99 Å². The van der Waals surface area contributed by atoms with Crippen LogP contribution in [0.4, 0.5) is 4.79 Å². The van der Waals surface area contributed by atoms with E-state index >= 15 is 0 Å². The number of guanidine groups is 1. The van der Waals surface area contributed by atoms with E-state index in [0.717, 1.165) is 29.7 Å². The van der Waals surface area contributed by atoms with Gasteiger partial charge in [0.15, 0.2) is 5.96 Å². The maximum absolute atomic E-state index is 12.0. The van der Waals surface area contributed by atoms with Crippen LogP contribution in [0, 0.1) is 6.92 Å². The second-order valence-corrected chi connectivity index (χ2v) is 7.77. The highest BCUT2D eigenvalue weighted by molar-refractivity contribution is 5.86. The number of carbonyl (C=O) groups is 2. The number of methoxy groups -OCH3 is 1. The van der Waals surface area contributed by atoms with Crippen LogP contribution < -0.4 is 15.4 Å². The van der Waals surface area contributed by atoms with Crippen molar-refractivity contribution in [1.29, 1.82) is 0 Å². The summed E-state index contributed by atoms with van der Waals surface area (Å²) >= 11 is 0. The van der Waals surface area contributed by atoms with Crippen molar-refractivity contribution >= 4 is 18.0 Å². The van der Waals surface area contributed by atoms with Gasteiger partial charge in [-0.25, -0.2) is 9.79 Å². The summed E-state index contributed by atoms with van der Waals surface area (Å²) in [6.45, 7) is 6.04. The Morgan fingerprint density at radius 1 is 1.23 bits per heavy atom.